The predicted molar refractivity (Wildman–Crippen MR) is 141 cm³/mol. The van der Waals surface area contributed by atoms with E-state index < -0.39 is 6.10 Å². The Morgan fingerprint density at radius 2 is 1.55 bits per heavy atom. The van der Waals surface area contributed by atoms with Crippen LogP contribution in [0.2, 0.25) is 0 Å². The van der Waals surface area contributed by atoms with Crippen molar-refractivity contribution in [1.29, 1.82) is 0 Å². The molecule has 1 unspecified atom stereocenters. The fourth-order valence-electron chi connectivity index (χ4n) is 3.07. The molecular weight excluding hydrogens is 537 g/mol. The zero-order valence-corrected chi connectivity index (χ0v) is 22.5. The van der Waals surface area contributed by atoms with Crippen LogP contribution in [0.1, 0.15) is 38.0 Å². The van der Waals surface area contributed by atoms with Crippen LogP contribution in [-0.2, 0) is 6.54 Å². The van der Waals surface area contributed by atoms with Crippen LogP contribution in [0.4, 0.5) is 0 Å². The van der Waals surface area contributed by atoms with Crippen LogP contribution < -0.4 is 29.6 Å². The first-order chi connectivity index (χ1) is 15.4. The van der Waals surface area contributed by atoms with E-state index in [0.29, 0.717) is 42.8 Å². The van der Waals surface area contributed by atoms with Crippen molar-refractivity contribution in [3.8, 4) is 23.0 Å². The van der Waals surface area contributed by atoms with Gasteiger partial charge in [-0.2, -0.15) is 0 Å². The van der Waals surface area contributed by atoms with Crippen molar-refractivity contribution in [2.45, 2.75) is 39.5 Å². The van der Waals surface area contributed by atoms with Crippen LogP contribution in [-0.4, -0.2) is 51.6 Å². The van der Waals surface area contributed by atoms with Crippen LogP contribution >= 0.6 is 24.0 Å². The predicted octanol–water partition coefficient (Wildman–Crippen LogP) is 3.91. The molecule has 2 rings (SSSR count). The molecule has 0 saturated heterocycles. The van der Waals surface area contributed by atoms with E-state index >= 15 is 0 Å². The molecule has 2 aromatic rings. The summed E-state index contributed by atoms with van der Waals surface area (Å²) < 4.78 is 21.8. The Morgan fingerprint density at radius 1 is 0.939 bits per heavy atom. The summed E-state index contributed by atoms with van der Waals surface area (Å²) in [5.41, 5.74) is 1.65. The highest BCUT2D eigenvalue weighted by molar-refractivity contribution is 14.0. The largest absolute Gasteiger partial charge is 0.496 e. The number of aliphatic hydroxyl groups is 1. The van der Waals surface area contributed by atoms with Gasteiger partial charge in [-0.1, -0.05) is 12.1 Å². The average Bonchev–Trinajstić information content (AvgIpc) is 2.80. The Kier molecular flexibility index (Phi) is 12.7. The molecule has 0 fully saturated rings. The van der Waals surface area contributed by atoms with Crippen molar-refractivity contribution >= 4 is 29.9 Å². The number of methoxy groups -OCH3 is 3. The highest BCUT2D eigenvalue weighted by atomic mass is 127. The Morgan fingerprint density at radius 3 is 2.09 bits per heavy atom. The summed E-state index contributed by atoms with van der Waals surface area (Å²) in [6.07, 6.45) is -0.585. The number of hydrogen-bond donors (Lipinski definition) is 3. The van der Waals surface area contributed by atoms with Gasteiger partial charge in [0.1, 0.15) is 11.5 Å². The van der Waals surface area contributed by atoms with Crippen LogP contribution in [0.25, 0.3) is 0 Å². The third-order valence-corrected chi connectivity index (χ3v) is 4.64. The van der Waals surface area contributed by atoms with Crippen LogP contribution in [0.5, 0.6) is 23.0 Å². The first-order valence-corrected chi connectivity index (χ1v) is 10.7. The zero-order valence-electron chi connectivity index (χ0n) is 20.2. The monoisotopic (exact) mass is 573 g/mol. The molecule has 0 spiro atoms. The second-order valence-corrected chi connectivity index (χ2v) is 7.35. The van der Waals surface area contributed by atoms with Gasteiger partial charge in [-0.3, -0.25) is 0 Å². The number of rotatable bonds is 11. The quantitative estimate of drug-likeness (QED) is 0.213. The summed E-state index contributed by atoms with van der Waals surface area (Å²) in [6.45, 7) is 7.29. The van der Waals surface area contributed by atoms with E-state index in [-0.39, 0.29) is 30.1 Å². The Labute approximate surface area is 213 Å². The molecule has 2 aromatic carbocycles. The van der Waals surface area contributed by atoms with Crippen LogP contribution in [0.3, 0.4) is 0 Å². The molecule has 184 valence electrons. The molecule has 0 aromatic heterocycles. The summed E-state index contributed by atoms with van der Waals surface area (Å²) in [7, 11) is 4.77. The van der Waals surface area contributed by atoms with Gasteiger partial charge < -0.3 is 34.7 Å². The maximum absolute atomic E-state index is 10.6. The van der Waals surface area contributed by atoms with Gasteiger partial charge >= 0.3 is 0 Å². The maximum atomic E-state index is 10.6. The molecular formula is C24H36IN3O5. The second kappa shape index (κ2) is 14.7. The lowest BCUT2D eigenvalue weighted by Crippen LogP contribution is -2.39. The number of nitrogens with one attached hydrogen (secondary N) is 2. The van der Waals surface area contributed by atoms with Gasteiger partial charge in [-0.25, -0.2) is 4.99 Å². The van der Waals surface area contributed by atoms with Gasteiger partial charge in [0, 0.05) is 24.7 Å². The molecule has 3 N–H and O–H groups in total. The number of halogens is 1. The standard InChI is InChI=1S/C24H35N3O5.HI/c1-7-25-24(26-14-18-12-22(30-5)23(31-6)13-21(18)29-4)27-15-20(28)17-8-10-19(11-9-17)32-16(2)3;/h8-13,16,20,28H,7,14-15H2,1-6H3,(H2,25,26,27);1H. The van der Waals surface area contributed by atoms with Crippen molar-refractivity contribution in [3.05, 3.63) is 47.5 Å². The first-order valence-electron chi connectivity index (χ1n) is 10.7. The normalized spacial score (nSPS) is 11.9. The maximum Gasteiger partial charge on any atom is 0.191 e. The minimum absolute atomic E-state index is 0. The highest BCUT2D eigenvalue weighted by Crippen LogP contribution is 2.34. The molecule has 0 saturated carbocycles. The SMILES string of the molecule is CCNC(=NCc1cc(OC)c(OC)cc1OC)NCC(O)c1ccc(OC(C)C)cc1.I. The highest BCUT2D eigenvalue weighted by Gasteiger charge is 2.13. The first kappa shape index (κ1) is 28.6. The molecule has 33 heavy (non-hydrogen) atoms. The van der Waals surface area contributed by atoms with E-state index in [2.05, 4.69) is 15.6 Å². The van der Waals surface area contributed by atoms with Crippen molar-refractivity contribution < 1.29 is 24.1 Å². The minimum Gasteiger partial charge on any atom is -0.496 e. The van der Waals surface area contributed by atoms with E-state index in [1.807, 2.05) is 51.1 Å². The number of benzene rings is 2. The number of ether oxygens (including phenoxy) is 4. The summed E-state index contributed by atoms with van der Waals surface area (Å²) >= 11 is 0. The fraction of sp³-hybridized carbons (Fsp3) is 0.458. The van der Waals surface area contributed by atoms with E-state index in [9.17, 15) is 5.11 Å². The smallest absolute Gasteiger partial charge is 0.191 e. The number of guanidine groups is 1. The van der Waals surface area contributed by atoms with E-state index in [0.717, 1.165) is 16.9 Å². The van der Waals surface area contributed by atoms with Crippen molar-refractivity contribution in [3.63, 3.8) is 0 Å². The van der Waals surface area contributed by atoms with E-state index in [1.54, 1.807) is 27.4 Å². The summed E-state index contributed by atoms with van der Waals surface area (Å²) in [6, 6.07) is 11.1. The Bertz CT molecular complexity index is 875. The fourth-order valence-corrected chi connectivity index (χ4v) is 3.07. The molecule has 9 heteroatoms. The van der Waals surface area contributed by atoms with Gasteiger partial charge in [0.15, 0.2) is 17.5 Å². The van der Waals surface area contributed by atoms with Gasteiger partial charge in [0.25, 0.3) is 0 Å². The molecule has 0 aliphatic heterocycles. The summed E-state index contributed by atoms with van der Waals surface area (Å²) in [5, 5.41) is 16.9. The topological polar surface area (TPSA) is 93.6 Å². The zero-order chi connectivity index (χ0) is 23.5. The molecule has 8 nitrogen and oxygen atoms in total. The van der Waals surface area contributed by atoms with Gasteiger partial charge in [-0.15, -0.1) is 24.0 Å². The van der Waals surface area contributed by atoms with Crippen molar-refractivity contribution in [2.75, 3.05) is 34.4 Å². The average molecular weight is 573 g/mol. The van der Waals surface area contributed by atoms with Crippen molar-refractivity contribution in [1.82, 2.24) is 10.6 Å². The lowest BCUT2D eigenvalue weighted by Gasteiger charge is -2.17. The summed E-state index contributed by atoms with van der Waals surface area (Å²) in [5.74, 6) is 3.23. The van der Waals surface area contributed by atoms with Crippen molar-refractivity contribution in [2.24, 2.45) is 4.99 Å². The van der Waals surface area contributed by atoms with Gasteiger partial charge in [0.05, 0.1) is 40.1 Å². The number of hydrogen-bond acceptors (Lipinski definition) is 6. The minimum atomic E-state index is -0.692. The summed E-state index contributed by atoms with van der Waals surface area (Å²) in [4.78, 5) is 4.62. The molecule has 0 radical (unpaired) electrons. The molecule has 0 bridgehead atoms. The third kappa shape index (κ3) is 8.81. The third-order valence-electron chi connectivity index (χ3n) is 4.64. The number of aliphatic imine (C=N–C) groups is 1. The lowest BCUT2D eigenvalue weighted by molar-refractivity contribution is 0.180. The number of nitrogens with zero attached hydrogens (tertiary/aromatic N) is 1. The Hall–Kier alpha value is -2.40. The molecule has 1 atom stereocenters. The van der Waals surface area contributed by atoms with Gasteiger partial charge in [-0.05, 0) is 44.5 Å². The van der Waals surface area contributed by atoms with Crippen LogP contribution in [0.15, 0.2) is 41.4 Å². The van der Waals surface area contributed by atoms with E-state index in [1.165, 1.54) is 0 Å². The molecule has 0 aliphatic carbocycles. The Balaban J connectivity index is 0.00000544. The number of aliphatic hydroxyl groups excluding tert-OH is 1. The van der Waals surface area contributed by atoms with Gasteiger partial charge in [0.2, 0.25) is 0 Å². The molecule has 0 amide bonds. The lowest BCUT2D eigenvalue weighted by atomic mass is 10.1. The van der Waals surface area contributed by atoms with E-state index in [4.69, 9.17) is 18.9 Å². The molecule has 0 heterocycles. The molecule has 0 aliphatic rings. The van der Waals surface area contributed by atoms with Crippen LogP contribution in [0, 0.1) is 0 Å². The second-order valence-electron chi connectivity index (χ2n) is 7.35.